The quantitative estimate of drug-likeness (QED) is 0.532. The van der Waals surface area contributed by atoms with Crippen LogP contribution >= 0.6 is 7.80 Å². The first kappa shape index (κ1) is 16.5. The topological polar surface area (TPSA) is 86.6 Å². The molecule has 0 aliphatic carbocycles. The normalized spacial score (nSPS) is 13.8. The summed E-state index contributed by atoms with van der Waals surface area (Å²) in [4.78, 5) is 11.4. The number of carboxylic acid groups (broad SMARTS) is 1. The molecule has 0 aliphatic rings. The van der Waals surface area contributed by atoms with E-state index in [1.807, 2.05) is 19.9 Å². The molecule has 1 atom stereocenters. The summed E-state index contributed by atoms with van der Waals surface area (Å²) in [6.07, 6.45) is -0.292. The number of para-hydroxylation sites is 1. The van der Waals surface area contributed by atoms with Gasteiger partial charge in [-0.25, -0.2) is 4.79 Å². The molecular weight excluding hydrogens is 277 g/mol. The van der Waals surface area contributed by atoms with Crippen molar-refractivity contribution < 1.29 is 19.6 Å². The Labute approximate surface area is 119 Å². The summed E-state index contributed by atoms with van der Waals surface area (Å²) >= 11 is 0. The van der Waals surface area contributed by atoms with Crippen LogP contribution in [0.15, 0.2) is 41.6 Å². The van der Waals surface area contributed by atoms with E-state index in [4.69, 9.17) is 5.11 Å². The standard InChI is InChI=1S/C14H20NO4P/c1-10(2)12(8-20(19)9-16)13(14(17)18)15-11-6-4-3-5-7-11/h3-7,10,15-16,20H,8-9H2,1-2H3,(H,17,18). The van der Waals surface area contributed by atoms with Crippen molar-refractivity contribution in [2.45, 2.75) is 13.8 Å². The Morgan fingerprint density at radius 2 is 1.90 bits per heavy atom. The molecule has 6 heteroatoms. The van der Waals surface area contributed by atoms with E-state index in [2.05, 4.69) is 5.32 Å². The van der Waals surface area contributed by atoms with Crippen LogP contribution in [0.1, 0.15) is 13.8 Å². The molecule has 1 aromatic rings. The number of aliphatic hydroxyl groups excluding tert-OH is 1. The zero-order valence-electron chi connectivity index (χ0n) is 11.6. The fraction of sp³-hybridized carbons (Fsp3) is 0.357. The zero-order valence-corrected chi connectivity index (χ0v) is 12.6. The zero-order chi connectivity index (χ0) is 15.1. The van der Waals surface area contributed by atoms with Crippen LogP contribution in [0.25, 0.3) is 0 Å². The highest BCUT2D eigenvalue weighted by Gasteiger charge is 2.19. The van der Waals surface area contributed by atoms with Gasteiger partial charge in [-0.05, 0) is 23.6 Å². The number of hydrogen-bond donors (Lipinski definition) is 3. The van der Waals surface area contributed by atoms with E-state index in [9.17, 15) is 14.5 Å². The Kier molecular flexibility index (Phi) is 6.49. The van der Waals surface area contributed by atoms with E-state index in [-0.39, 0.29) is 17.8 Å². The number of anilines is 1. The molecule has 0 fully saturated rings. The Hall–Kier alpha value is -1.58. The highest BCUT2D eigenvalue weighted by Crippen LogP contribution is 2.29. The predicted octanol–water partition coefficient (Wildman–Crippen LogP) is 2.60. The molecule has 0 aliphatic heterocycles. The minimum absolute atomic E-state index is 0.0398. The van der Waals surface area contributed by atoms with Crippen molar-refractivity contribution in [1.82, 2.24) is 0 Å². The molecule has 0 spiro atoms. The lowest BCUT2D eigenvalue weighted by molar-refractivity contribution is -0.132. The molecule has 0 bridgehead atoms. The number of rotatable bonds is 7. The van der Waals surface area contributed by atoms with Gasteiger partial charge in [0.25, 0.3) is 0 Å². The largest absolute Gasteiger partial charge is 0.477 e. The molecule has 0 saturated heterocycles. The first-order valence-electron chi connectivity index (χ1n) is 6.36. The van der Waals surface area contributed by atoms with Gasteiger partial charge in [0, 0.05) is 11.8 Å². The lowest BCUT2D eigenvalue weighted by Gasteiger charge is -2.17. The van der Waals surface area contributed by atoms with Gasteiger partial charge in [0.05, 0.1) is 6.35 Å². The van der Waals surface area contributed by atoms with Gasteiger partial charge in [-0.1, -0.05) is 32.0 Å². The number of nitrogens with one attached hydrogen (secondary N) is 1. The molecule has 1 rings (SSSR count). The van der Waals surface area contributed by atoms with Crippen LogP contribution in [0.2, 0.25) is 0 Å². The molecule has 1 aromatic carbocycles. The number of carboxylic acids is 1. The summed E-state index contributed by atoms with van der Waals surface area (Å²) in [6.45, 7) is 3.69. The third-order valence-corrected chi connectivity index (χ3v) is 3.97. The van der Waals surface area contributed by atoms with Gasteiger partial charge < -0.3 is 20.1 Å². The highest BCUT2D eigenvalue weighted by atomic mass is 31.1. The van der Waals surface area contributed by atoms with Crippen molar-refractivity contribution >= 4 is 19.5 Å². The van der Waals surface area contributed by atoms with Crippen LogP contribution in [-0.4, -0.2) is 28.7 Å². The van der Waals surface area contributed by atoms with E-state index in [1.165, 1.54) is 0 Å². The van der Waals surface area contributed by atoms with Gasteiger partial charge in [0.1, 0.15) is 13.5 Å². The first-order valence-corrected chi connectivity index (χ1v) is 8.19. The number of aliphatic hydroxyl groups is 1. The summed E-state index contributed by atoms with van der Waals surface area (Å²) in [5.41, 5.74) is 1.25. The summed E-state index contributed by atoms with van der Waals surface area (Å²) in [6, 6.07) is 8.95. The Morgan fingerprint density at radius 3 is 2.35 bits per heavy atom. The molecular formula is C14H20NO4P. The second-order valence-electron chi connectivity index (χ2n) is 4.72. The maximum atomic E-state index is 11.6. The fourth-order valence-corrected chi connectivity index (χ4v) is 2.91. The number of hydrogen-bond acceptors (Lipinski definition) is 4. The summed E-state index contributed by atoms with van der Waals surface area (Å²) < 4.78 is 11.6. The van der Waals surface area contributed by atoms with Crippen molar-refractivity contribution in [2.75, 3.05) is 17.8 Å². The number of aliphatic carboxylic acids is 1. The van der Waals surface area contributed by atoms with Crippen LogP contribution in [0, 0.1) is 5.92 Å². The van der Waals surface area contributed by atoms with E-state index < -0.39 is 20.1 Å². The molecule has 0 saturated carbocycles. The van der Waals surface area contributed by atoms with E-state index >= 15 is 0 Å². The van der Waals surface area contributed by atoms with Gasteiger partial charge in [0.2, 0.25) is 0 Å². The molecule has 1 unspecified atom stereocenters. The smallest absolute Gasteiger partial charge is 0.352 e. The molecule has 0 amide bonds. The van der Waals surface area contributed by atoms with Crippen molar-refractivity contribution in [3.05, 3.63) is 41.6 Å². The number of benzene rings is 1. The van der Waals surface area contributed by atoms with Gasteiger partial charge in [-0.3, -0.25) is 0 Å². The van der Waals surface area contributed by atoms with Crippen LogP contribution in [0.3, 0.4) is 0 Å². The summed E-state index contributed by atoms with van der Waals surface area (Å²) in [5, 5.41) is 21.1. The Balaban J connectivity index is 3.14. The third-order valence-electron chi connectivity index (χ3n) is 2.84. The minimum atomic E-state index is -2.20. The average molecular weight is 297 g/mol. The lowest BCUT2D eigenvalue weighted by Crippen LogP contribution is -2.17. The maximum Gasteiger partial charge on any atom is 0.352 e. The minimum Gasteiger partial charge on any atom is -0.477 e. The van der Waals surface area contributed by atoms with E-state index in [1.54, 1.807) is 24.3 Å². The molecule has 20 heavy (non-hydrogen) atoms. The van der Waals surface area contributed by atoms with Gasteiger partial charge in [-0.15, -0.1) is 0 Å². The third kappa shape index (κ3) is 4.83. The Bertz CT molecular complexity index is 511. The maximum absolute atomic E-state index is 11.6. The van der Waals surface area contributed by atoms with Crippen molar-refractivity contribution in [1.29, 1.82) is 0 Å². The van der Waals surface area contributed by atoms with E-state index in [0.29, 0.717) is 11.3 Å². The summed E-state index contributed by atoms with van der Waals surface area (Å²) in [7, 11) is -2.20. The van der Waals surface area contributed by atoms with Crippen LogP contribution in [-0.2, 0) is 9.36 Å². The Morgan fingerprint density at radius 1 is 1.30 bits per heavy atom. The van der Waals surface area contributed by atoms with Crippen molar-refractivity contribution in [2.24, 2.45) is 5.92 Å². The second-order valence-corrected chi connectivity index (χ2v) is 6.47. The lowest BCUT2D eigenvalue weighted by atomic mass is 10.0. The molecule has 0 aromatic heterocycles. The van der Waals surface area contributed by atoms with Crippen molar-refractivity contribution in [3.8, 4) is 0 Å². The van der Waals surface area contributed by atoms with Gasteiger partial charge in [0.15, 0.2) is 0 Å². The fourth-order valence-electron chi connectivity index (χ4n) is 1.79. The van der Waals surface area contributed by atoms with Crippen LogP contribution in [0.5, 0.6) is 0 Å². The molecule has 0 heterocycles. The SMILES string of the molecule is CC(C)C(C[PH](=O)CO)=C(Nc1ccccc1)C(=O)O. The van der Waals surface area contributed by atoms with Crippen LogP contribution < -0.4 is 5.32 Å². The number of carbonyl (C=O) groups is 1. The molecule has 5 nitrogen and oxygen atoms in total. The average Bonchev–Trinajstić information content (AvgIpc) is 2.42. The molecule has 110 valence electrons. The van der Waals surface area contributed by atoms with Gasteiger partial charge in [-0.2, -0.15) is 0 Å². The van der Waals surface area contributed by atoms with E-state index in [0.717, 1.165) is 0 Å². The van der Waals surface area contributed by atoms with Crippen LogP contribution in [0.4, 0.5) is 5.69 Å². The monoisotopic (exact) mass is 297 g/mol. The number of allylic oxidation sites excluding steroid dienone is 1. The molecule has 3 N–H and O–H groups in total. The summed E-state index contributed by atoms with van der Waals surface area (Å²) in [5.74, 6) is -1.16. The highest BCUT2D eigenvalue weighted by molar-refractivity contribution is 7.44. The van der Waals surface area contributed by atoms with Crippen molar-refractivity contribution in [3.63, 3.8) is 0 Å². The second kappa shape index (κ2) is 7.88. The predicted molar refractivity (Wildman–Crippen MR) is 80.5 cm³/mol. The first-order chi connectivity index (χ1) is 9.45. The molecule has 0 radical (unpaired) electrons. The van der Waals surface area contributed by atoms with Gasteiger partial charge >= 0.3 is 5.97 Å².